The molecule has 32 heavy (non-hydrogen) atoms. The van der Waals surface area contributed by atoms with Crippen LogP contribution in [0.15, 0.2) is 47.3 Å². The molecule has 0 aliphatic carbocycles. The minimum atomic E-state index is -0.502. The van der Waals surface area contributed by atoms with Gasteiger partial charge in [0, 0.05) is 37.4 Å². The number of hydrogen-bond donors (Lipinski definition) is 1. The van der Waals surface area contributed by atoms with Crippen LogP contribution in [0.3, 0.4) is 0 Å². The molecule has 1 amide bonds. The predicted octanol–water partition coefficient (Wildman–Crippen LogP) is 3.21. The maximum atomic E-state index is 14.5. The number of H-pyrrole nitrogens is 1. The predicted molar refractivity (Wildman–Crippen MR) is 121 cm³/mol. The molecule has 3 aromatic rings. The van der Waals surface area contributed by atoms with Gasteiger partial charge in [-0.3, -0.25) is 9.59 Å². The monoisotopic (exact) mass is 434 g/mol. The van der Waals surface area contributed by atoms with E-state index in [0.717, 1.165) is 30.6 Å². The van der Waals surface area contributed by atoms with E-state index in [1.807, 2.05) is 18.2 Å². The quantitative estimate of drug-likeness (QED) is 0.670. The summed E-state index contributed by atoms with van der Waals surface area (Å²) in [5, 5.41) is 8.05. The third-order valence-corrected chi connectivity index (χ3v) is 6.62. The van der Waals surface area contributed by atoms with Gasteiger partial charge >= 0.3 is 0 Å². The van der Waals surface area contributed by atoms with Gasteiger partial charge in [-0.1, -0.05) is 30.7 Å². The van der Waals surface area contributed by atoms with Crippen LogP contribution < -0.4 is 5.56 Å². The van der Waals surface area contributed by atoms with Gasteiger partial charge in [0.25, 0.3) is 11.5 Å². The molecule has 2 aliphatic heterocycles. The number of carbonyl (C=O) groups excluding carboxylic acids is 1. The smallest absolute Gasteiger partial charge is 0.272 e. The molecule has 166 valence electrons. The van der Waals surface area contributed by atoms with Crippen LogP contribution in [0.1, 0.15) is 40.9 Å². The Bertz CT molecular complexity index is 1200. The van der Waals surface area contributed by atoms with Crippen LogP contribution in [-0.2, 0) is 6.42 Å². The molecule has 0 saturated carbocycles. The van der Waals surface area contributed by atoms with E-state index in [9.17, 15) is 14.0 Å². The second-order valence-corrected chi connectivity index (χ2v) is 8.97. The molecule has 6 nitrogen and oxygen atoms in total. The summed E-state index contributed by atoms with van der Waals surface area (Å²) in [6, 6.07) is 11.9. The second kappa shape index (κ2) is 8.82. The van der Waals surface area contributed by atoms with Gasteiger partial charge in [-0.05, 0) is 49.7 Å². The zero-order valence-electron chi connectivity index (χ0n) is 18.0. The Kier molecular flexibility index (Phi) is 5.74. The zero-order chi connectivity index (χ0) is 22.1. The number of carbonyl (C=O) groups is 1. The summed E-state index contributed by atoms with van der Waals surface area (Å²) in [5.41, 5.74) is 1.34. The fourth-order valence-corrected chi connectivity index (χ4v) is 4.87. The van der Waals surface area contributed by atoms with Gasteiger partial charge in [-0.25, -0.2) is 9.49 Å². The average molecular weight is 435 g/mol. The summed E-state index contributed by atoms with van der Waals surface area (Å²) in [6.45, 7) is 4.69. The number of hydrogen-bond acceptors (Lipinski definition) is 4. The summed E-state index contributed by atoms with van der Waals surface area (Å²) in [5.74, 6) is -0.281. The number of likely N-dealkylation sites (tertiary alicyclic amines) is 2. The number of nitrogens with zero attached hydrogens (tertiary/aromatic N) is 3. The number of rotatable bonds is 5. The van der Waals surface area contributed by atoms with Gasteiger partial charge < -0.3 is 9.80 Å². The van der Waals surface area contributed by atoms with Crippen LogP contribution in [0.25, 0.3) is 10.8 Å². The minimum absolute atomic E-state index is 0.104. The maximum absolute atomic E-state index is 14.5. The van der Waals surface area contributed by atoms with Crippen LogP contribution in [-0.4, -0.2) is 58.6 Å². The Morgan fingerprint density at radius 2 is 1.81 bits per heavy atom. The number of fused-ring (bicyclic) bond motifs is 1. The normalized spacial score (nSPS) is 17.5. The first-order chi connectivity index (χ1) is 15.6. The van der Waals surface area contributed by atoms with Gasteiger partial charge in [0.05, 0.1) is 16.6 Å². The summed E-state index contributed by atoms with van der Waals surface area (Å²) in [4.78, 5) is 29.2. The number of aromatic amines is 1. The van der Waals surface area contributed by atoms with Gasteiger partial charge in [0.1, 0.15) is 5.82 Å². The topological polar surface area (TPSA) is 69.3 Å². The molecular formula is C25H27FN4O2. The van der Waals surface area contributed by atoms with Gasteiger partial charge in [-0.15, -0.1) is 0 Å². The van der Waals surface area contributed by atoms with Crippen molar-refractivity contribution in [1.82, 2.24) is 20.0 Å². The summed E-state index contributed by atoms with van der Waals surface area (Å²) < 4.78 is 14.5. The summed E-state index contributed by atoms with van der Waals surface area (Å²) >= 11 is 0. The molecule has 7 heteroatoms. The first kappa shape index (κ1) is 20.8. The lowest BCUT2D eigenvalue weighted by atomic mass is 9.96. The third kappa shape index (κ3) is 4.17. The lowest BCUT2D eigenvalue weighted by molar-refractivity contribution is 0.0390. The molecule has 0 bridgehead atoms. The van der Waals surface area contributed by atoms with E-state index in [4.69, 9.17) is 0 Å². The molecule has 5 rings (SSSR count). The number of amides is 1. The Balaban J connectivity index is 1.29. The van der Waals surface area contributed by atoms with E-state index in [1.165, 1.54) is 25.3 Å². The number of nitrogens with one attached hydrogen (secondary N) is 1. The summed E-state index contributed by atoms with van der Waals surface area (Å²) in [6.07, 6.45) is 4.22. The Hall–Kier alpha value is -3.06. The standard InChI is InChI=1S/C25H27FN4O2/c26-22-9-8-17(13-23-19-6-2-3-7-20(19)24(31)28-27-23)12-21(22)25(32)30-15-18(16-30)14-29-10-4-1-5-11-29/h2-3,6-9,12,18H,1,4-5,10-11,13-16H2,(H,28,31). The van der Waals surface area contributed by atoms with Crippen LogP contribution >= 0.6 is 0 Å². The van der Waals surface area contributed by atoms with Crippen LogP contribution in [0, 0.1) is 11.7 Å². The molecule has 0 atom stereocenters. The van der Waals surface area contributed by atoms with Crippen molar-refractivity contribution >= 4 is 16.7 Å². The van der Waals surface area contributed by atoms with Crippen molar-refractivity contribution < 1.29 is 9.18 Å². The van der Waals surface area contributed by atoms with Crippen molar-refractivity contribution in [3.8, 4) is 0 Å². The van der Waals surface area contributed by atoms with Crippen LogP contribution in [0.4, 0.5) is 4.39 Å². The number of benzene rings is 2. The molecule has 1 aromatic heterocycles. The molecule has 2 aliphatic rings. The SMILES string of the molecule is O=C(c1cc(Cc2n[nH]c(=O)c3ccccc23)ccc1F)N1CC(CN2CCCCC2)C1. The lowest BCUT2D eigenvalue weighted by Crippen LogP contribution is -2.54. The Morgan fingerprint density at radius 3 is 2.59 bits per heavy atom. The first-order valence-corrected chi connectivity index (χ1v) is 11.3. The lowest BCUT2D eigenvalue weighted by Gasteiger charge is -2.42. The number of halogens is 1. The molecule has 2 fully saturated rings. The van der Waals surface area contributed by atoms with E-state index >= 15 is 0 Å². The molecule has 1 N–H and O–H groups in total. The highest BCUT2D eigenvalue weighted by atomic mass is 19.1. The second-order valence-electron chi connectivity index (χ2n) is 8.97. The van der Waals surface area contributed by atoms with Crippen molar-refractivity contribution in [2.24, 2.45) is 5.92 Å². The van der Waals surface area contributed by atoms with Crippen molar-refractivity contribution in [3.05, 3.63) is 75.5 Å². The van der Waals surface area contributed by atoms with E-state index in [2.05, 4.69) is 15.1 Å². The molecule has 0 unspecified atom stereocenters. The first-order valence-electron chi connectivity index (χ1n) is 11.3. The Morgan fingerprint density at radius 1 is 1.06 bits per heavy atom. The Labute approximate surface area is 186 Å². The van der Waals surface area contributed by atoms with Crippen molar-refractivity contribution in [1.29, 1.82) is 0 Å². The van der Waals surface area contributed by atoms with Crippen molar-refractivity contribution in [2.75, 3.05) is 32.7 Å². The zero-order valence-corrected chi connectivity index (χ0v) is 18.0. The molecule has 3 heterocycles. The highest BCUT2D eigenvalue weighted by Crippen LogP contribution is 2.24. The van der Waals surface area contributed by atoms with Gasteiger partial charge in [-0.2, -0.15) is 5.10 Å². The van der Waals surface area contributed by atoms with Gasteiger partial charge in [0.2, 0.25) is 0 Å². The molecule has 2 saturated heterocycles. The highest BCUT2D eigenvalue weighted by Gasteiger charge is 2.33. The van der Waals surface area contributed by atoms with Crippen LogP contribution in [0.2, 0.25) is 0 Å². The number of piperidine rings is 1. The third-order valence-electron chi connectivity index (χ3n) is 6.62. The van der Waals surface area contributed by atoms with E-state index in [-0.39, 0.29) is 17.0 Å². The largest absolute Gasteiger partial charge is 0.338 e. The summed E-state index contributed by atoms with van der Waals surface area (Å²) in [7, 11) is 0. The number of aromatic nitrogens is 2. The fraction of sp³-hybridized carbons (Fsp3) is 0.400. The highest BCUT2D eigenvalue weighted by molar-refractivity contribution is 5.95. The van der Waals surface area contributed by atoms with E-state index in [1.54, 1.807) is 23.1 Å². The van der Waals surface area contributed by atoms with Gasteiger partial charge in [0.15, 0.2) is 0 Å². The average Bonchev–Trinajstić information content (AvgIpc) is 2.79. The molecule has 2 aromatic carbocycles. The van der Waals surface area contributed by atoms with E-state index in [0.29, 0.717) is 36.5 Å². The minimum Gasteiger partial charge on any atom is -0.338 e. The fourth-order valence-electron chi connectivity index (χ4n) is 4.87. The van der Waals surface area contributed by atoms with Crippen molar-refractivity contribution in [3.63, 3.8) is 0 Å². The molecule has 0 radical (unpaired) electrons. The van der Waals surface area contributed by atoms with Crippen molar-refractivity contribution in [2.45, 2.75) is 25.7 Å². The maximum Gasteiger partial charge on any atom is 0.272 e. The molecular weight excluding hydrogens is 407 g/mol. The molecule has 0 spiro atoms. The van der Waals surface area contributed by atoms with E-state index < -0.39 is 5.82 Å². The van der Waals surface area contributed by atoms with Crippen LogP contribution in [0.5, 0.6) is 0 Å².